The molecule has 4 aromatic carbocycles. The molecule has 1 aliphatic carbocycles. The number of nitriles is 1. The summed E-state index contributed by atoms with van der Waals surface area (Å²) >= 11 is 6.03. The number of carbonyl (C=O) groups is 1. The van der Waals surface area contributed by atoms with Crippen LogP contribution in [-0.4, -0.2) is 5.78 Å². The van der Waals surface area contributed by atoms with Gasteiger partial charge in [-0.2, -0.15) is 5.26 Å². The van der Waals surface area contributed by atoms with Crippen LogP contribution in [0.2, 0.25) is 5.02 Å². The van der Waals surface area contributed by atoms with Crippen molar-refractivity contribution in [2.24, 2.45) is 5.73 Å². The second kappa shape index (κ2) is 10.8. The van der Waals surface area contributed by atoms with Crippen LogP contribution in [0.4, 0.5) is 5.69 Å². The number of rotatable bonds is 5. The van der Waals surface area contributed by atoms with Crippen molar-refractivity contribution in [3.8, 4) is 11.8 Å². The van der Waals surface area contributed by atoms with Gasteiger partial charge in [0.2, 0.25) is 0 Å². The third-order valence-electron chi connectivity index (χ3n) is 8.14. The molecule has 6 rings (SSSR count). The van der Waals surface area contributed by atoms with E-state index in [9.17, 15) is 10.1 Å². The Morgan fingerprint density at radius 1 is 1.02 bits per heavy atom. The van der Waals surface area contributed by atoms with Gasteiger partial charge in [0, 0.05) is 28.1 Å². The number of halogens is 1. The maximum Gasteiger partial charge on any atom is 0.161 e. The van der Waals surface area contributed by atoms with Crippen molar-refractivity contribution in [2.75, 3.05) is 4.90 Å². The SMILES string of the molecule is Cc1cc(COc2ccc(Cl)cc2)c(C)c(C2C(C#N)=C(N)N(c3cccc4ccccc34)C3=C2C(=O)CCC3)c1. The van der Waals surface area contributed by atoms with Crippen LogP contribution in [-0.2, 0) is 11.4 Å². The summed E-state index contributed by atoms with van der Waals surface area (Å²) in [5.74, 6) is 0.626. The van der Waals surface area contributed by atoms with Crippen molar-refractivity contribution < 1.29 is 9.53 Å². The Balaban J connectivity index is 1.50. The maximum absolute atomic E-state index is 13.7. The topological polar surface area (TPSA) is 79.3 Å². The molecule has 1 unspecified atom stereocenters. The summed E-state index contributed by atoms with van der Waals surface area (Å²) in [6, 6.07) is 28.0. The minimum atomic E-state index is -0.539. The molecule has 0 fully saturated rings. The number of benzene rings is 4. The third-order valence-corrected chi connectivity index (χ3v) is 8.39. The van der Waals surface area contributed by atoms with Crippen molar-refractivity contribution in [3.63, 3.8) is 0 Å². The molecule has 4 aromatic rings. The summed E-state index contributed by atoms with van der Waals surface area (Å²) in [6.45, 7) is 4.40. The largest absolute Gasteiger partial charge is 0.489 e. The lowest BCUT2D eigenvalue weighted by Gasteiger charge is -2.40. The van der Waals surface area contributed by atoms with E-state index in [1.54, 1.807) is 12.1 Å². The van der Waals surface area contributed by atoms with Crippen molar-refractivity contribution in [1.29, 1.82) is 5.26 Å². The second-order valence-corrected chi connectivity index (χ2v) is 11.1. The Bertz CT molecular complexity index is 1790. The molecular weight excluding hydrogens is 530 g/mol. The molecule has 204 valence electrons. The van der Waals surface area contributed by atoms with Gasteiger partial charge in [0.1, 0.15) is 18.2 Å². The van der Waals surface area contributed by atoms with Gasteiger partial charge in [-0.15, -0.1) is 0 Å². The number of nitrogens with zero attached hydrogens (tertiary/aromatic N) is 2. The standard InChI is InChI=1S/C35H30ClN3O2/c1-21-17-24(20-41-26-15-13-25(36)14-16-26)22(2)28(18-21)33-29(19-37)35(38)39(31-11-6-12-32(40)34(31)33)30-10-5-8-23-7-3-4-9-27(23)30/h3-5,7-10,13-18,33H,6,11-12,20,38H2,1-2H3. The molecular formula is C35H30ClN3O2. The van der Waals surface area contributed by atoms with Gasteiger partial charge >= 0.3 is 0 Å². The zero-order chi connectivity index (χ0) is 28.7. The Labute approximate surface area is 245 Å². The average molecular weight is 560 g/mol. The minimum absolute atomic E-state index is 0.0709. The zero-order valence-electron chi connectivity index (χ0n) is 23.1. The summed E-state index contributed by atoms with van der Waals surface area (Å²) in [5, 5.41) is 13.3. The number of ether oxygens (including phenoxy) is 1. The molecule has 5 nitrogen and oxygen atoms in total. The number of allylic oxidation sites excluding steroid dienone is 3. The van der Waals surface area contributed by atoms with E-state index in [0.29, 0.717) is 41.4 Å². The molecule has 1 atom stereocenters. The van der Waals surface area contributed by atoms with Crippen LogP contribution in [0.1, 0.15) is 47.4 Å². The number of nitrogens with two attached hydrogens (primary N) is 1. The van der Waals surface area contributed by atoms with Crippen LogP contribution in [0.5, 0.6) is 5.75 Å². The zero-order valence-corrected chi connectivity index (χ0v) is 23.8. The molecule has 0 aromatic heterocycles. The number of carbonyl (C=O) groups excluding carboxylic acids is 1. The summed E-state index contributed by atoms with van der Waals surface area (Å²) < 4.78 is 6.10. The first kappa shape index (κ1) is 26.7. The van der Waals surface area contributed by atoms with Crippen molar-refractivity contribution >= 4 is 33.8 Å². The number of anilines is 1. The monoisotopic (exact) mass is 559 g/mol. The molecule has 1 heterocycles. The van der Waals surface area contributed by atoms with Crippen LogP contribution in [0.25, 0.3) is 10.8 Å². The van der Waals surface area contributed by atoms with Crippen LogP contribution in [0.15, 0.2) is 102 Å². The van der Waals surface area contributed by atoms with E-state index in [2.05, 4.69) is 36.4 Å². The van der Waals surface area contributed by atoms with E-state index >= 15 is 0 Å². The average Bonchev–Trinajstić information content (AvgIpc) is 2.98. The quantitative estimate of drug-likeness (QED) is 0.268. The lowest BCUT2D eigenvalue weighted by molar-refractivity contribution is -0.116. The lowest BCUT2D eigenvalue weighted by atomic mass is 9.73. The fourth-order valence-corrected chi connectivity index (χ4v) is 6.31. The summed E-state index contributed by atoms with van der Waals surface area (Å²) in [4.78, 5) is 15.7. The molecule has 1 aliphatic heterocycles. The van der Waals surface area contributed by atoms with Crippen molar-refractivity contribution in [2.45, 2.75) is 45.6 Å². The van der Waals surface area contributed by atoms with Gasteiger partial charge in [0.05, 0.1) is 23.2 Å². The highest BCUT2D eigenvalue weighted by atomic mass is 35.5. The van der Waals surface area contributed by atoms with E-state index < -0.39 is 5.92 Å². The molecule has 41 heavy (non-hydrogen) atoms. The Kier molecular flexibility index (Phi) is 7.03. The van der Waals surface area contributed by atoms with E-state index in [0.717, 1.165) is 56.6 Å². The normalized spacial score (nSPS) is 17.1. The first-order chi connectivity index (χ1) is 19.9. The highest BCUT2D eigenvalue weighted by Crippen LogP contribution is 2.48. The first-order valence-corrected chi connectivity index (χ1v) is 14.2. The number of hydrogen-bond acceptors (Lipinski definition) is 5. The summed E-state index contributed by atoms with van der Waals surface area (Å²) in [6.07, 6.45) is 1.90. The predicted octanol–water partition coefficient (Wildman–Crippen LogP) is 7.99. The van der Waals surface area contributed by atoms with E-state index in [1.165, 1.54) is 0 Å². The van der Waals surface area contributed by atoms with E-state index in [4.69, 9.17) is 22.1 Å². The first-order valence-electron chi connectivity index (χ1n) is 13.8. The van der Waals surface area contributed by atoms with Gasteiger partial charge in [-0.25, -0.2) is 0 Å². The van der Waals surface area contributed by atoms with Crippen LogP contribution in [0.3, 0.4) is 0 Å². The summed E-state index contributed by atoms with van der Waals surface area (Å²) in [7, 11) is 0. The molecule has 0 spiro atoms. The van der Waals surface area contributed by atoms with Gasteiger partial charge in [0.25, 0.3) is 0 Å². The molecule has 0 saturated heterocycles. The Hall–Kier alpha value is -4.53. The maximum atomic E-state index is 13.7. The smallest absolute Gasteiger partial charge is 0.161 e. The molecule has 0 amide bonds. The summed E-state index contributed by atoms with van der Waals surface area (Å²) in [5.41, 5.74) is 13.7. The third kappa shape index (κ3) is 4.75. The van der Waals surface area contributed by atoms with Gasteiger partial charge in [-0.3, -0.25) is 9.69 Å². The number of ketones is 1. The molecule has 6 heteroatoms. The van der Waals surface area contributed by atoms with Gasteiger partial charge in [-0.1, -0.05) is 65.7 Å². The van der Waals surface area contributed by atoms with E-state index in [-0.39, 0.29) is 5.78 Å². The highest BCUT2D eigenvalue weighted by molar-refractivity contribution is 6.30. The minimum Gasteiger partial charge on any atom is -0.489 e. The molecule has 0 radical (unpaired) electrons. The fraction of sp³-hybridized carbons (Fsp3) is 0.200. The number of Topliss-reactive ketones (excluding diaryl/α,β-unsaturated/α-hetero) is 1. The molecule has 0 bridgehead atoms. The Morgan fingerprint density at radius 3 is 2.56 bits per heavy atom. The molecule has 0 saturated carbocycles. The van der Waals surface area contributed by atoms with Crippen LogP contribution >= 0.6 is 11.6 Å². The predicted molar refractivity (Wildman–Crippen MR) is 164 cm³/mol. The number of fused-ring (bicyclic) bond motifs is 1. The molecule has 2 aliphatic rings. The highest BCUT2D eigenvalue weighted by Gasteiger charge is 2.41. The lowest BCUT2D eigenvalue weighted by Crippen LogP contribution is -2.39. The Morgan fingerprint density at radius 2 is 1.78 bits per heavy atom. The van der Waals surface area contributed by atoms with Crippen molar-refractivity contribution in [1.82, 2.24) is 0 Å². The van der Waals surface area contributed by atoms with Gasteiger partial charge < -0.3 is 10.5 Å². The van der Waals surface area contributed by atoms with Crippen LogP contribution in [0, 0.1) is 25.2 Å². The molecule has 2 N–H and O–H groups in total. The van der Waals surface area contributed by atoms with Gasteiger partial charge in [-0.05, 0) is 79.1 Å². The fourth-order valence-electron chi connectivity index (χ4n) is 6.18. The van der Waals surface area contributed by atoms with E-state index in [1.807, 2.05) is 55.1 Å². The second-order valence-electron chi connectivity index (χ2n) is 10.7. The number of aryl methyl sites for hydroxylation is 1. The van der Waals surface area contributed by atoms with Gasteiger partial charge in [0.15, 0.2) is 5.78 Å². The van der Waals surface area contributed by atoms with Crippen LogP contribution < -0.4 is 15.4 Å². The number of hydrogen-bond donors (Lipinski definition) is 1. The van der Waals surface area contributed by atoms with Crippen molar-refractivity contribution in [3.05, 3.63) is 129 Å².